The monoisotopic (exact) mass is 431 g/mol. The van der Waals surface area contributed by atoms with Crippen molar-refractivity contribution in [2.45, 2.75) is 19.8 Å². The highest BCUT2D eigenvalue weighted by Gasteiger charge is 2.20. The number of carbonyl (C=O) groups is 3. The number of amides is 2. The van der Waals surface area contributed by atoms with Crippen LogP contribution in [0.5, 0.6) is 0 Å². The van der Waals surface area contributed by atoms with Crippen molar-refractivity contribution < 1.29 is 14.4 Å². The van der Waals surface area contributed by atoms with Gasteiger partial charge in [-0.25, -0.2) is 9.97 Å². The number of nitrogens with zero attached hydrogens (tertiary/aromatic N) is 3. The first kappa shape index (κ1) is 22.6. The van der Waals surface area contributed by atoms with E-state index >= 15 is 0 Å². The lowest BCUT2D eigenvalue weighted by molar-refractivity contribution is -0.107. The quantitative estimate of drug-likeness (QED) is 0.395. The van der Waals surface area contributed by atoms with E-state index in [0.717, 1.165) is 30.5 Å². The van der Waals surface area contributed by atoms with Crippen LogP contribution < -0.4 is 15.5 Å². The molecule has 0 unspecified atom stereocenters. The molecule has 0 aliphatic carbocycles. The largest absolute Gasteiger partial charge is 0.375 e. The number of unbranched alkanes of at least 4 members (excludes halogenated alkanes) is 1. The highest BCUT2D eigenvalue weighted by molar-refractivity contribution is 6.13. The Labute approximate surface area is 186 Å². The van der Waals surface area contributed by atoms with Crippen LogP contribution in [0.1, 0.15) is 39.4 Å². The second-order valence-electron chi connectivity index (χ2n) is 7.31. The van der Waals surface area contributed by atoms with Crippen LogP contribution in [0.3, 0.4) is 0 Å². The van der Waals surface area contributed by atoms with Crippen LogP contribution in [0.25, 0.3) is 0 Å². The number of rotatable bonds is 9. The van der Waals surface area contributed by atoms with Gasteiger partial charge in [-0.05, 0) is 49.7 Å². The lowest BCUT2D eigenvalue weighted by atomic mass is 10.2. The van der Waals surface area contributed by atoms with Gasteiger partial charge in [0.1, 0.15) is 6.29 Å². The molecule has 3 aromatic rings. The van der Waals surface area contributed by atoms with Crippen molar-refractivity contribution in [3.63, 3.8) is 0 Å². The van der Waals surface area contributed by atoms with Gasteiger partial charge in [-0.15, -0.1) is 0 Å². The highest BCUT2D eigenvalue weighted by Crippen LogP contribution is 2.18. The van der Waals surface area contributed by atoms with Gasteiger partial charge >= 0.3 is 0 Å². The SMILES string of the molecule is Cc1ccc(NC(=O)c2nccnc2C(=O)Nc2ccc(N(C)CCCC=O)cc2)cc1. The van der Waals surface area contributed by atoms with Crippen molar-refractivity contribution in [2.75, 3.05) is 29.1 Å². The molecule has 0 atom stereocenters. The first-order chi connectivity index (χ1) is 15.5. The van der Waals surface area contributed by atoms with Gasteiger partial charge in [0.05, 0.1) is 0 Å². The van der Waals surface area contributed by atoms with Gasteiger partial charge in [0.25, 0.3) is 11.8 Å². The number of benzene rings is 2. The summed E-state index contributed by atoms with van der Waals surface area (Å²) >= 11 is 0. The Balaban J connectivity index is 1.68. The third kappa shape index (κ3) is 5.98. The van der Waals surface area contributed by atoms with Gasteiger partial charge in [-0.1, -0.05) is 17.7 Å². The van der Waals surface area contributed by atoms with Crippen LogP contribution in [0.15, 0.2) is 60.9 Å². The molecule has 164 valence electrons. The molecule has 0 spiro atoms. The number of anilines is 3. The van der Waals surface area contributed by atoms with E-state index in [2.05, 4.69) is 20.6 Å². The van der Waals surface area contributed by atoms with Gasteiger partial charge in [0.15, 0.2) is 11.4 Å². The Hall–Kier alpha value is -4.07. The number of nitrogens with one attached hydrogen (secondary N) is 2. The normalized spacial score (nSPS) is 10.3. The number of hydrogen-bond acceptors (Lipinski definition) is 6. The number of aryl methyl sites for hydroxylation is 1. The molecule has 32 heavy (non-hydrogen) atoms. The van der Waals surface area contributed by atoms with Crippen LogP contribution in [0.4, 0.5) is 17.1 Å². The molecule has 0 saturated heterocycles. The van der Waals surface area contributed by atoms with Crippen LogP contribution >= 0.6 is 0 Å². The summed E-state index contributed by atoms with van der Waals surface area (Å²) in [6.07, 6.45) is 4.95. The molecular weight excluding hydrogens is 406 g/mol. The van der Waals surface area contributed by atoms with E-state index in [-0.39, 0.29) is 11.4 Å². The lowest BCUT2D eigenvalue weighted by Crippen LogP contribution is -2.23. The molecule has 0 aliphatic heterocycles. The predicted molar refractivity (Wildman–Crippen MR) is 124 cm³/mol. The van der Waals surface area contributed by atoms with E-state index in [1.807, 2.05) is 43.1 Å². The average molecular weight is 431 g/mol. The van der Waals surface area contributed by atoms with Crippen molar-refractivity contribution in [2.24, 2.45) is 0 Å². The predicted octanol–water partition coefficient (Wildman–Crippen LogP) is 3.70. The van der Waals surface area contributed by atoms with Crippen LogP contribution in [-0.4, -0.2) is 41.7 Å². The van der Waals surface area contributed by atoms with Crippen LogP contribution in [0.2, 0.25) is 0 Å². The summed E-state index contributed by atoms with van der Waals surface area (Å²) in [6, 6.07) is 14.6. The Morgan fingerprint density at radius 1 is 0.875 bits per heavy atom. The topological polar surface area (TPSA) is 104 Å². The second-order valence-corrected chi connectivity index (χ2v) is 7.31. The van der Waals surface area contributed by atoms with Gasteiger partial charge < -0.3 is 20.3 Å². The summed E-state index contributed by atoms with van der Waals surface area (Å²) in [5, 5.41) is 5.49. The molecule has 0 saturated carbocycles. The number of hydrogen-bond donors (Lipinski definition) is 2. The van der Waals surface area contributed by atoms with Crippen molar-refractivity contribution in [3.8, 4) is 0 Å². The second kappa shape index (κ2) is 10.8. The standard InChI is InChI=1S/C24H25N5O3/c1-17-5-7-18(8-6-17)27-23(31)21-22(26-14-13-25-21)24(32)28-19-9-11-20(12-10-19)29(2)15-3-4-16-30/h5-14,16H,3-4,15H2,1-2H3,(H,27,31)(H,28,32). The minimum absolute atomic E-state index is 0.0582. The summed E-state index contributed by atoms with van der Waals surface area (Å²) < 4.78 is 0. The van der Waals surface area contributed by atoms with Crippen molar-refractivity contribution >= 4 is 35.2 Å². The van der Waals surface area contributed by atoms with E-state index < -0.39 is 11.8 Å². The first-order valence-electron chi connectivity index (χ1n) is 10.2. The average Bonchev–Trinajstić information content (AvgIpc) is 2.81. The molecular formula is C24H25N5O3. The zero-order valence-electron chi connectivity index (χ0n) is 18.0. The van der Waals surface area contributed by atoms with Gasteiger partial charge in [-0.2, -0.15) is 0 Å². The number of aromatic nitrogens is 2. The van der Waals surface area contributed by atoms with E-state index in [1.165, 1.54) is 12.4 Å². The zero-order valence-corrected chi connectivity index (χ0v) is 18.0. The summed E-state index contributed by atoms with van der Waals surface area (Å²) in [4.78, 5) is 46.1. The molecule has 1 aromatic heterocycles. The minimum atomic E-state index is -0.528. The number of aldehydes is 1. The fourth-order valence-electron chi connectivity index (χ4n) is 3.03. The maximum absolute atomic E-state index is 12.8. The molecule has 8 heteroatoms. The molecule has 2 aromatic carbocycles. The highest BCUT2D eigenvalue weighted by atomic mass is 16.2. The maximum Gasteiger partial charge on any atom is 0.276 e. The Bertz CT molecular complexity index is 1080. The van der Waals surface area contributed by atoms with Gasteiger partial charge in [-0.3, -0.25) is 9.59 Å². The summed E-state index contributed by atoms with van der Waals surface area (Å²) in [5.41, 5.74) is 3.08. The smallest absolute Gasteiger partial charge is 0.276 e. The lowest BCUT2D eigenvalue weighted by Gasteiger charge is -2.19. The molecule has 0 aliphatic rings. The molecule has 2 N–H and O–H groups in total. The summed E-state index contributed by atoms with van der Waals surface area (Å²) in [6.45, 7) is 2.71. The van der Waals surface area contributed by atoms with Crippen LogP contribution in [0, 0.1) is 6.92 Å². The van der Waals surface area contributed by atoms with E-state index in [4.69, 9.17) is 0 Å². The molecule has 0 radical (unpaired) electrons. The van der Waals surface area contributed by atoms with Crippen molar-refractivity contribution in [1.82, 2.24) is 9.97 Å². The van der Waals surface area contributed by atoms with E-state index in [0.29, 0.717) is 17.8 Å². The minimum Gasteiger partial charge on any atom is -0.375 e. The number of carbonyl (C=O) groups excluding carboxylic acids is 3. The molecule has 8 nitrogen and oxygen atoms in total. The maximum atomic E-state index is 12.8. The van der Waals surface area contributed by atoms with Gasteiger partial charge in [0.2, 0.25) is 0 Å². The van der Waals surface area contributed by atoms with E-state index in [9.17, 15) is 14.4 Å². The molecule has 0 fully saturated rings. The Morgan fingerprint density at radius 3 is 1.88 bits per heavy atom. The molecule has 2 amide bonds. The summed E-state index contributed by atoms with van der Waals surface area (Å²) in [7, 11) is 1.94. The van der Waals surface area contributed by atoms with Crippen molar-refractivity contribution in [1.29, 1.82) is 0 Å². The third-order valence-corrected chi connectivity index (χ3v) is 4.82. The van der Waals surface area contributed by atoms with Crippen LogP contribution in [-0.2, 0) is 4.79 Å². The van der Waals surface area contributed by atoms with E-state index in [1.54, 1.807) is 24.3 Å². The van der Waals surface area contributed by atoms with Crippen molar-refractivity contribution in [3.05, 3.63) is 77.9 Å². The fourth-order valence-corrected chi connectivity index (χ4v) is 3.03. The first-order valence-corrected chi connectivity index (χ1v) is 10.2. The summed E-state index contributed by atoms with van der Waals surface area (Å²) in [5.74, 6) is -1.04. The fraction of sp³-hybridized carbons (Fsp3) is 0.208. The molecule has 3 rings (SSSR count). The third-order valence-electron chi connectivity index (χ3n) is 4.82. The Kier molecular flexibility index (Phi) is 7.64. The molecule has 1 heterocycles. The molecule has 0 bridgehead atoms. The Morgan fingerprint density at radius 2 is 1.38 bits per heavy atom. The van der Waals surface area contributed by atoms with Gasteiger partial charge in [0, 0.05) is 49.5 Å². The zero-order chi connectivity index (χ0) is 22.9.